The summed E-state index contributed by atoms with van der Waals surface area (Å²) >= 11 is 3.45. The van der Waals surface area contributed by atoms with E-state index < -0.39 is 0 Å². The highest BCUT2D eigenvalue weighted by Crippen LogP contribution is 2.18. The second kappa shape index (κ2) is 4.99. The molecule has 0 bridgehead atoms. The molecule has 0 amide bonds. The lowest BCUT2D eigenvalue weighted by atomic mass is 10.1. The van der Waals surface area contributed by atoms with Crippen LogP contribution in [0.5, 0.6) is 0 Å². The van der Waals surface area contributed by atoms with Crippen molar-refractivity contribution in [2.45, 2.75) is 32.9 Å². The van der Waals surface area contributed by atoms with E-state index in [-0.39, 0.29) is 11.1 Å². The molecule has 0 aliphatic rings. The van der Waals surface area contributed by atoms with Crippen LogP contribution in [0.15, 0.2) is 17.2 Å². The fourth-order valence-corrected chi connectivity index (χ4v) is 1.67. The molecule has 1 aromatic rings. The van der Waals surface area contributed by atoms with Gasteiger partial charge in [-0.3, -0.25) is 4.79 Å². The van der Waals surface area contributed by atoms with E-state index in [1.165, 1.54) is 0 Å². The lowest BCUT2D eigenvalue weighted by Crippen LogP contribution is -2.46. The van der Waals surface area contributed by atoms with Crippen molar-refractivity contribution in [2.75, 3.05) is 17.3 Å². The number of anilines is 1. The van der Waals surface area contributed by atoms with Crippen molar-refractivity contribution in [1.82, 2.24) is 9.55 Å². The SMILES string of the molecule is CCn1ccnc(N(C)C(C)(C)CBr)c1=O. The summed E-state index contributed by atoms with van der Waals surface area (Å²) in [4.78, 5) is 18.1. The molecule has 0 aliphatic carbocycles. The Kier molecular flexibility index (Phi) is 4.13. The molecule has 0 N–H and O–H groups in total. The molecule has 5 heteroatoms. The molecule has 0 saturated heterocycles. The van der Waals surface area contributed by atoms with Gasteiger partial charge in [-0.1, -0.05) is 15.9 Å². The molecule has 0 aromatic carbocycles. The normalized spacial score (nSPS) is 11.6. The average molecular weight is 288 g/mol. The van der Waals surface area contributed by atoms with Gasteiger partial charge in [0.25, 0.3) is 5.56 Å². The quantitative estimate of drug-likeness (QED) is 0.794. The third-order valence-electron chi connectivity index (χ3n) is 2.79. The Bertz CT molecular complexity index is 414. The van der Waals surface area contributed by atoms with Gasteiger partial charge in [0, 0.05) is 36.9 Å². The molecule has 1 heterocycles. The van der Waals surface area contributed by atoms with Gasteiger partial charge < -0.3 is 9.47 Å². The van der Waals surface area contributed by atoms with Crippen molar-refractivity contribution in [3.63, 3.8) is 0 Å². The van der Waals surface area contributed by atoms with Crippen molar-refractivity contribution in [1.29, 1.82) is 0 Å². The number of hydrogen-bond donors (Lipinski definition) is 0. The molecule has 0 unspecified atom stereocenters. The van der Waals surface area contributed by atoms with Gasteiger partial charge in [-0.15, -0.1) is 0 Å². The van der Waals surface area contributed by atoms with Crippen molar-refractivity contribution in [3.05, 3.63) is 22.7 Å². The van der Waals surface area contributed by atoms with E-state index in [0.29, 0.717) is 12.4 Å². The molecule has 0 fully saturated rings. The fourth-order valence-electron chi connectivity index (χ4n) is 1.29. The first-order valence-corrected chi connectivity index (χ1v) is 6.41. The zero-order chi connectivity index (χ0) is 12.3. The number of nitrogens with zero attached hydrogens (tertiary/aromatic N) is 3. The number of halogens is 1. The Balaban J connectivity index is 3.19. The topological polar surface area (TPSA) is 38.1 Å². The first kappa shape index (κ1) is 13.2. The van der Waals surface area contributed by atoms with E-state index in [2.05, 4.69) is 34.8 Å². The summed E-state index contributed by atoms with van der Waals surface area (Å²) in [6.07, 6.45) is 3.38. The van der Waals surface area contributed by atoms with Crippen LogP contribution in [0.2, 0.25) is 0 Å². The van der Waals surface area contributed by atoms with Crippen LogP contribution in [0, 0.1) is 0 Å². The van der Waals surface area contributed by atoms with Gasteiger partial charge in [0.05, 0.1) is 0 Å². The first-order chi connectivity index (χ1) is 7.44. The Labute approximate surface area is 104 Å². The van der Waals surface area contributed by atoms with Crippen LogP contribution in [0.1, 0.15) is 20.8 Å². The Hall–Kier alpha value is -0.840. The zero-order valence-electron chi connectivity index (χ0n) is 10.2. The maximum atomic E-state index is 12.0. The largest absolute Gasteiger partial charge is 0.349 e. The predicted octanol–water partition coefficient (Wildman–Crippen LogP) is 1.87. The van der Waals surface area contributed by atoms with Gasteiger partial charge in [-0.2, -0.15) is 0 Å². The molecule has 0 aliphatic heterocycles. The van der Waals surface area contributed by atoms with Gasteiger partial charge in [0.1, 0.15) is 0 Å². The van der Waals surface area contributed by atoms with E-state index in [9.17, 15) is 4.79 Å². The van der Waals surface area contributed by atoms with E-state index >= 15 is 0 Å². The van der Waals surface area contributed by atoms with Gasteiger partial charge >= 0.3 is 0 Å². The second-order valence-corrected chi connectivity index (χ2v) is 4.91. The maximum absolute atomic E-state index is 12.0. The molecule has 16 heavy (non-hydrogen) atoms. The summed E-state index contributed by atoms with van der Waals surface area (Å²) in [6.45, 7) is 6.73. The Morgan fingerprint density at radius 2 is 2.19 bits per heavy atom. The van der Waals surface area contributed by atoms with Crippen LogP contribution in [0.3, 0.4) is 0 Å². The van der Waals surface area contributed by atoms with Gasteiger partial charge in [-0.05, 0) is 20.8 Å². The molecule has 4 nitrogen and oxygen atoms in total. The van der Waals surface area contributed by atoms with Crippen LogP contribution in [0.4, 0.5) is 5.82 Å². The molecular weight excluding hydrogens is 270 g/mol. The van der Waals surface area contributed by atoms with Crippen molar-refractivity contribution >= 4 is 21.7 Å². The lowest BCUT2D eigenvalue weighted by Gasteiger charge is -2.34. The van der Waals surface area contributed by atoms with Crippen LogP contribution >= 0.6 is 15.9 Å². The monoisotopic (exact) mass is 287 g/mol. The molecule has 90 valence electrons. The van der Waals surface area contributed by atoms with Crippen molar-refractivity contribution in [3.8, 4) is 0 Å². The molecule has 0 radical (unpaired) electrons. The minimum absolute atomic E-state index is 0.0403. The van der Waals surface area contributed by atoms with Crippen molar-refractivity contribution < 1.29 is 0 Å². The molecule has 0 saturated carbocycles. The van der Waals surface area contributed by atoms with Gasteiger partial charge in [0.2, 0.25) is 0 Å². The number of rotatable bonds is 4. The number of alkyl halides is 1. The van der Waals surface area contributed by atoms with Crippen LogP contribution < -0.4 is 10.5 Å². The van der Waals surface area contributed by atoms with Gasteiger partial charge in [0.15, 0.2) is 5.82 Å². The molecular formula is C11H18BrN3O. The summed E-state index contributed by atoms with van der Waals surface area (Å²) < 4.78 is 1.66. The smallest absolute Gasteiger partial charge is 0.293 e. The number of aryl methyl sites for hydroxylation is 1. The van der Waals surface area contributed by atoms with E-state index in [4.69, 9.17) is 0 Å². The molecule has 1 aromatic heterocycles. The van der Waals surface area contributed by atoms with Crippen molar-refractivity contribution in [2.24, 2.45) is 0 Å². The van der Waals surface area contributed by atoms with Gasteiger partial charge in [-0.25, -0.2) is 4.98 Å². The first-order valence-electron chi connectivity index (χ1n) is 5.29. The molecule has 1 rings (SSSR count). The summed E-state index contributed by atoms with van der Waals surface area (Å²) in [5.74, 6) is 0.494. The Morgan fingerprint density at radius 3 is 2.69 bits per heavy atom. The van der Waals surface area contributed by atoms with Crippen LogP contribution in [-0.2, 0) is 6.54 Å². The molecule has 0 atom stereocenters. The highest BCUT2D eigenvalue weighted by atomic mass is 79.9. The molecule has 0 spiro atoms. The standard InChI is InChI=1S/C11H18BrN3O/c1-5-15-7-6-13-9(10(15)16)14(4)11(2,3)8-12/h6-7H,5,8H2,1-4H3. The van der Waals surface area contributed by atoms with Crippen LogP contribution in [-0.4, -0.2) is 27.5 Å². The number of aromatic nitrogens is 2. The summed E-state index contributed by atoms with van der Waals surface area (Å²) in [5, 5.41) is 0.776. The zero-order valence-corrected chi connectivity index (χ0v) is 11.8. The third kappa shape index (κ3) is 2.45. The highest BCUT2D eigenvalue weighted by molar-refractivity contribution is 9.09. The minimum Gasteiger partial charge on any atom is -0.349 e. The lowest BCUT2D eigenvalue weighted by molar-refractivity contribution is 0.540. The number of hydrogen-bond acceptors (Lipinski definition) is 3. The predicted molar refractivity (Wildman–Crippen MR) is 70.4 cm³/mol. The summed E-state index contributed by atoms with van der Waals surface area (Å²) in [5.41, 5.74) is -0.180. The minimum atomic E-state index is -0.140. The van der Waals surface area contributed by atoms with E-state index in [0.717, 1.165) is 5.33 Å². The average Bonchev–Trinajstić information content (AvgIpc) is 2.28. The summed E-state index contributed by atoms with van der Waals surface area (Å²) in [7, 11) is 1.89. The Morgan fingerprint density at radius 1 is 1.56 bits per heavy atom. The second-order valence-electron chi connectivity index (χ2n) is 4.35. The van der Waals surface area contributed by atoms with Crippen LogP contribution in [0.25, 0.3) is 0 Å². The maximum Gasteiger partial charge on any atom is 0.293 e. The summed E-state index contributed by atoms with van der Waals surface area (Å²) in [6, 6.07) is 0. The van der Waals surface area contributed by atoms with E-state index in [1.807, 2.05) is 18.9 Å². The third-order valence-corrected chi connectivity index (χ3v) is 4.16. The fraction of sp³-hybridized carbons (Fsp3) is 0.636. The van der Waals surface area contributed by atoms with E-state index in [1.54, 1.807) is 17.0 Å². The highest BCUT2D eigenvalue weighted by Gasteiger charge is 2.25.